The van der Waals surface area contributed by atoms with E-state index >= 15 is 0 Å². The Hall–Kier alpha value is -3.14. The number of ether oxygens (including phenoxy) is 1. The average Bonchev–Trinajstić information content (AvgIpc) is 3.10. The maximum absolute atomic E-state index is 14.3. The molecular weight excluding hydrogens is 513 g/mol. The molecule has 2 atom stereocenters. The van der Waals surface area contributed by atoms with Gasteiger partial charge in [-0.3, -0.25) is 4.79 Å². The van der Waals surface area contributed by atoms with Crippen LogP contribution in [0.25, 0.3) is 0 Å². The van der Waals surface area contributed by atoms with Crippen molar-refractivity contribution in [2.24, 2.45) is 10.6 Å². The van der Waals surface area contributed by atoms with E-state index in [0.717, 1.165) is 25.3 Å². The summed E-state index contributed by atoms with van der Waals surface area (Å²) in [4.78, 5) is 17.2. The van der Waals surface area contributed by atoms with Gasteiger partial charge in [-0.2, -0.15) is 26.3 Å². The van der Waals surface area contributed by atoms with Crippen LogP contribution in [0.2, 0.25) is 0 Å². The number of hydrogen-bond acceptors (Lipinski definition) is 6. The predicted molar refractivity (Wildman–Crippen MR) is 107 cm³/mol. The van der Waals surface area contributed by atoms with Crippen molar-refractivity contribution in [1.82, 2.24) is 4.98 Å². The lowest BCUT2D eigenvalue weighted by atomic mass is 9.87. The molecule has 0 spiro atoms. The minimum Gasteiger partial charge on any atom is -0.429 e. The number of hydrogen-bond donors (Lipinski definition) is 2. The SMILES string of the molecule is CC1(C(F)(F)F)CC(C(=O)Nc2ccnc(S(N)(=O)=O)c2)N(c2ccc(F)c(F)c2OC(F)F)C1. The highest BCUT2D eigenvalue weighted by Gasteiger charge is 2.59. The van der Waals surface area contributed by atoms with Crippen LogP contribution in [0.1, 0.15) is 13.3 Å². The van der Waals surface area contributed by atoms with Crippen molar-refractivity contribution < 1.29 is 48.7 Å². The number of primary sulfonamides is 1. The number of nitrogens with two attached hydrogens (primary N) is 1. The van der Waals surface area contributed by atoms with Gasteiger partial charge in [-0.1, -0.05) is 0 Å². The number of rotatable bonds is 6. The fourth-order valence-corrected chi connectivity index (χ4v) is 4.10. The van der Waals surface area contributed by atoms with Gasteiger partial charge in [0.15, 0.2) is 16.6 Å². The molecule has 2 unspecified atom stereocenters. The molecular formula is C19H17F7N4O4S. The fourth-order valence-electron chi connectivity index (χ4n) is 3.60. The van der Waals surface area contributed by atoms with Crippen molar-refractivity contribution >= 4 is 27.3 Å². The van der Waals surface area contributed by atoms with Gasteiger partial charge >= 0.3 is 12.8 Å². The molecule has 0 bridgehead atoms. The lowest BCUT2D eigenvalue weighted by Gasteiger charge is -2.29. The number of halogens is 7. The summed E-state index contributed by atoms with van der Waals surface area (Å²) in [6.45, 7) is -3.87. The van der Waals surface area contributed by atoms with Gasteiger partial charge < -0.3 is 15.0 Å². The van der Waals surface area contributed by atoms with Crippen molar-refractivity contribution in [3.05, 3.63) is 42.1 Å². The lowest BCUT2D eigenvalue weighted by Crippen LogP contribution is -2.40. The quantitative estimate of drug-likeness (QED) is 0.554. The highest BCUT2D eigenvalue weighted by molar-refractivity contribution is 7.89. The predicted octanol–water partition coefficient (Wildman–Crippen LogP) is 3.39. The van der Waals surface area contributed by atoms with Crippen LogP contribution in [-0.2, 0) is 14.8 Å². The monoisotopic (exact) mass is 530 g/mol. The van der Waals surface area contributed by atoms with E-state index in [0.29, 0.717) is 17.0 Å². The molecule has 3 rings (SSSR count). The Morgan fingerprint density at radius 2 is 1.94 bits per heavy atom. The second-order valence-corrected chi connectivity index (χ2v) is 9.42. The molecule has 2 aromatic rings. The standard InChI is InChI=1S/C19H17F7N4O4S/c1-18(19(24,25)26)7-12(16(31)29-9-4-5-28-13(6-9)35(27,32)33)30(8-18)11-3-2-10(20)14(21)15(11)34-17(22)23/h2-6,12,17H,7-8H2,1H3,(H2,27,32,33)(H,28,29,31). The maximum atomic E-state index is 14.3. The number of sulfonamides is 1. The first-order valence-corrected chi connectivity index (χ1v) is 11.1. The van der Waals surface area contributed by atoms with Crippen LogP contribution in [0.4, 0.5) is 42.1 Å². The molecule has 192 valence electrons. The van der Waals surface area contributed by atoms with Gasteiger partial charge in [0.1, 0.15) is 6.04 Å². The number of nitrogens with zero attached hydrogens (tertiary/aromatic N) is 2. The summed E-state index contributed by atoms with van der Waals surface area (Å²) in [6, 6.07) is 1.43. The Morgan fingerprint density at radius 1 is 1.29 bits per heavy atom. The van der Waals surface area contributed by atoms with Crippen molar-refractivity contribution in [1.29, 1.82) is 0 Å². The van der Waals surface area contributed by atoms with E-state index < -0.39 is 81.2 Å². The van der Waals surface area contributed by atoms with Crippen molar-refractivity contribution in [2.45, 2.75) is 37.2 Å². The summed E-state index contributed by atoms with van der Waals surface area (Å²) in [5.74, 6) is -5.98. The molecule has 3 N–H and O–H groups in total. The number of carbonyl (C=O) groups is 1. The normalized spacial score (nSPS) is 20.9. The van der Waals surface area contributed by atoms with E-state index in [9.17, 15) is 43.9 Å². The van der Waals surface area contributed by atoms with E-state index in [-0.39, 0.29) is 5.69 Å². The summed E-state index contributed by atoms with van der Waals surface area (Å²) in [5.41, 5.74) is -3.48. The zero-order valence-electron chi connectivity index (χ0n) is 17.6. The molecule has 1 aromatic heterocycles. The molecule has 0 saturated carbocycles. The summed E-state index contributed by atoms with van der Waals surface area (Å²) in [7, 11) is -4.28. The van der Waals surface area contributed by atoms with Crippen molar-refractivity contribution in [3.63, 3.8) is 0 Å². The van der Waals surface area contributed by atoms with Gasteiger partial charge in [-0.25, -0.2) is 22.9 Å². The van der Waals surface area contributed by atoms with E-state index in [1.165, 1.54) is 0 Å². The summed E-state index contributed by atoms with van der Waals surface area (Å²) in [6.07, 6.45) is -4.81. The molecule has 0 radical (unpaired) electrons. The molecule has 2 heterocycles. The molecule has 16 heteroatoms. The van der Waals surface area contributed by atoms with E-state index in [2.05, 4.69) is 15.0 Å². The number of alkyl halides is 5. The molecule has 1 amide bonds. The number of nitrogens with one attached hydrogen (secondary N) is 1. The van der Waals surface area contributed by atoms with Crippen molar-refractivity contribution in [2.75, 3.05) is 16.8 Å². The van der Waals surface area contributed by atoms with Gasteiger partial charge in [0.2, 0.25) is 11.7 Å². The van der Waals surface area contributed by atoms with Crippen LogP contribution >= 0.6 is 0 Å². The average molecular weight is 530 g/mol. The van der Waals surface area contributed by atoms with Crippen molar-refractivity contribution in [3.8, 4) is 5.75 Å². The Morgan fingerprint density at radius 3 is 2.51 bits per heavy atom. The van der Waals surface area contributed by atoms with Crippen LogP contribution < -0.4 is 20.1 Å². The van der Waals surface area contributed by atoms with Crippen LogP contribution in [0.15, 0.2) is 35.5 Å². The molecule has 0 aliphatic carbocycles. The van der Waals surface area contributed by atoms with Gasteiger partial charge in [0.25, 0.3) is 10.0 Å². The van der Waals surface area contributed by atoms with Gasteiger partial charge in [-0.05, 0) is 31.5 Å². The van der Waals surface area contributed by atoms with Crippen LogP contribution in [0, 0.1) is 17.0 Å². The minimum absolute atomic E-state index is 0.205. The molecule has 1 saturated heterocycles. The first-order valence-electron chi connectivity index (χ1n) is 9.59. The summed E-state index contributed by atoms with van der Waals surface area (Å²) in [5, 5.41) is 6.53. The largest absolute Gasteiger partial charge is 0.429 e. The minimum atomic E-state index is -4.87. The highest BCUT2D eigenvalue weighted by Crippen LogP contribution is 2.50. The molecule has 1 fully saturated rings. The Labute approximate surface area is 193 Å². The second kappa shape index (κ2) is 9.14. The first kappa shape index (κ1) is 26.5. The van der Waals surface area contributed by atoms with Crippen LogP contribution in [0.3, 0.4) is 0 Å². The molecule has 1 aliphatic heterocycles. The molecule has 1 aliphatic rings. The molecule has 8 nitrogen and oxygen atoms in total. The summed E-state index contributed by atoms with van der Waals surface area (Å²) < 4.78 is 122. The number of pyridine rings is 1. The highest BCUT2D eigenvalue weighted by atomic mass is 32.2. The maximum Gasteiger partial charge on any atom is 0.396 e. The van der Waals surface area contributed by atoms with Gasteiger partial charge in [0.05, 0.1) is 11.1 Å². The summed E-state index contributed by atoms with van der Waals surface area (Å²) >= 11 is 0. The number of anilines is 2. The Kier molecular flexibility index (Phi) is 6.91. The zero-order valence-corrected chi connectivity index (χ0v) is 18.4. The second-order valence-electron chi connectivity index (χ2n) is 7.91. The third kappa shape index (κ3) is 5.42. The number of benzene rings is 1. The Bertz CT molecular complexity index is 1240. The fraction of sp³-hybridized carbons (Fsp3) is 0.368. The number of aromatic nitrogens is 1. The van der Waals surface area contributed by atoms with E-state index in [4.69, 9.17) is 5.14 Å². The van der Waals surface area contributed by atoms with E-state index in [1.807, 2.05) is 0 Å². The van der Waals surface area contributed by atoms with Crippen LogP contribution in [0.5, 0.6) is 5.75 Å². The van der Waals surface area contributed by atoms with Gasteiger partial charge in [0, 0.05) is 24.5 Å². The Balaban J connectivity index is 2.05. The number of amides is 1. The third-order valence-corrected chi connectivity index (χ3v) is 6.17. The van der Waals surface area contributed by atoms with E-state index in [1.54, 1.807) is 0 Å². The number of carbonyl (C=O) groups excluding carboxylic acids is 1. The smallest absolute Gasteiger partial charge is 0.396 e. The topological polar surface area (TPSA) is 115 Å². The third-order valence-electron chi connectivity index (χ3n) is 5.37. The molecule has 1 aromatic carbocycles. The van der Waals surface area contributed by atoms with Crippen LogP contribution in [-0.4, -0.2) is 44.7 Å². The first-order chi connectivity index (χ1) is 16.0. The molecule has 35 heavy (non-hydrogen) atoms. The lowest BCUT2D eigenvalue weighted by molar-refractivity contribution is -0.210. The zero-order chi connectivity index (χ0) is 26.3. The van der Waals surface area contributed by atoms with Gasteiger partial charge in [-0.15, -0.1) is 0 Å².